The Bertz CT molecular complexity index is 276. The standard InChI is InChI=1S/C11H20N2OS/c1-11(8-12,9-14-3)13(2)6-10-4-5-15-7-10/h4-5,7H,6,8-9,12H2,1-3H3. The molecule has 2 N–H and O–H groups in total. The van der Waals surface area contributed by atoms with E-state index in [0.717, 1.165) is 6.54 Å². The van der Waals surface area contributed by atoms with E-state index in [9.17, 15) is 0 Å². The van der Waals surface area contributed by atoms with Crippen molar-refractivity contribution in [2.75, 3.05) is 27.3 Å². The van der Waals surface area contributed by atoms with Crippen molar-refractivity contribution in [3.8, 4) is 0 Å². The number of methoxy groups -OCH3 is 1. The molecule has 0 aliphatic rings. The van der Waals surface area contributed by atoms with Gasteiger partial charge in [-0.15, -0.1) is 0 Å². The lowest BCUT2D eigenvalue weighted by atomic mass is 10.0. The van der Waals surface area contributed by atoms with Gasteiger partial charge in [0.2, 0.25) is 0 Å². The lowest BCUT2D eigenvalue weighted by Gasteiger charge is -2.37. The summed E-state index contributed by atoms with van der Waals surface area (Å²) in [4.78, 5) is 2.25. The Kier molecular flexibility index (Phi) is 4.73. The number of hydrogen-bond acceptors (Lipinski definition) is 4. The van der Waals surface area contributed by atoms with Crippen LogP contribution in [0.1, 0.15) is 12.5 Å². The summed E-state index contributed by atoms with van der Waals surface area (Å²) in [5.41, 5.74) is 7.05. The molecular formula is C11H20N2OS. The fraction of sp³-hybridized carbons (Fsp3) is 0.636. The summed E-state index contributed by atoms with van der Waals surface area (Å²) in [6, 6.07) is 2.14. The number of rotatable bonds is 6. The first-order valence-electron chi connectivity index (χ1n) is 5.03. The van der Waals surface area contributed by atoms with Crippen molar-refractivity contribution in [3.05, 3.63) is 22.4 Å². The predicted molar refractivity (Wildman–Crippen MR) is 65.1 cm³/mol. The molecular weight excluding hydrogens is 208 g/mol. The summed E-state index contributed by atoms with van der Waals surface area (Å²) in [6.07, 6.45) is 0. The van der Waals surface area contributed by atoms with E-state index in [1.165, 1.54) is 5.56 Å². The van der Waals surface area contributed by atoms with Gasteiger partial charge in [0.15, 0.2) is 0 Å². The predicted octanol–water partition coefficient (Wildman–Crippen LogP) is 1.54. The number of ether oxygens (including phenoxy) is 1. The zero-order valence-corrected chi connectivity index (χ0v) is 10.5. The molecule has 0 aliphatic carbocycles. The molecule has 0 saturated carbocycles. The number of nitrogens with zero attached hydrogens (tertiary/aromatic N) is 1. The van der Waals surface area contributed by atoms with E-state index in [2.05, 4.69) is 35.7 Å². The second-order valence-electron chi connectivity index (χ2n) is 4.12. The Balaban J connectivity index is 2.60. The van der Waals surface area contributed by atoms with Crippen LogP contribution in [0.3, 0.4) is 0 Å². The number of thiophene rings is 1. The van der Waals surface area contributed by atoms with Gasteiger partial charge >= 0.3 is 0 Å². The fourth-order valence-corrected chi connectivity index (χ4v) is 2.14. The second-order valence-corrected chi connectivity index (χ2v) is 4.90. The first kappa shape index (κ1) is 12.6. The maximum atomic E-state index is 5.80. The van der Waals surface area contributed by atoms with Crippen molar-refractivity contribution in [2.45, 2.75) is 19.0 Å². The zero-order chi connectivity index (χ0) is 11.3. The third-order valence-electron chi connectivity index (χ3n) is 2.82. The van der Waals surface area contributed by atoms with Gasteiger partial charge in [0.1, 0.15) is 0 Å². The molecule has 15 heavy (non-hydrogen) atoms. The van der Waals surface area contributed by atoms with Crippen molar-refractivity contribution >= 4 is 11.3 Å². The van der Waals surface area contributed by atoms with E-state index in [4.69, 9.17) is 10.5 Å². The summed E-state index contributed by atoms with van der Waals surface area (Å²) < 4.78 is 5.22. The zero-order valence-electron chi connectivity index (χ0n) is 9.69. The fourth-order valence-electron chi connectivity index (χ4n) is 1.48. The highest BCUT2D eigenvalue weighted by atomic mass is 32.1. The van der Waals surface area contributed by atoms with E-state index < -0.39 is 0 Å². The highest BCUT2D eigenvalue weighted by Crippen LogP contribution is 2.17. The minimum atomic E-state index is -0.0866. The summed E-state index contributed by atoms with van der Waals surface area (Å²) in [5.74, 6) is 0. The van der Waals surface area contributed by atoms with Gasteiger partial charge in [-0.25, -0.2) is 0 Å². The smallest absolute Gasteiger partial charge is 0.0656 e. The monoisotopic (exact) mass is 228 g/mol. The maximum Gasteiger partial charge on any atom is 0.0656 e. The van der Waals surface area contributed by atoms with Crippen molar-refractivity contribution in [1.82, 2.24) is 4.90 Å². The van der Waals surface area contributed by atoms with Gasteiger partial charge in [0, 0.05) is 20.2 Å². The Hall–Kier alpha value is -0.420. The van der Waals surface area contributed by atoms with E-state index in [0.29, 0.717) is 13.2 Å². The third-order valence-corrected chi connectivity index (χ3v) is 3.55. The van der Waals surface area contributed by atoms with E-state index in [1.54, 1.807) is 18.4 Å². The molecule has 1 heterocycles. The molecule has 1 rings (SSSR count). The Morgan fingerprint density at radius 3 is 2.80 bits per heavy atom. The summed E-state index contributed by atoms with van der Waals surface area (Å²) in [7, 11) is 3.80. The Morgan fingerprint density at radius 1 is 1.60 bits per heavy atom. The largest absolute Gasteiger partial charge is 0.383 e. The lowest BCUT2D eigenvalue weighted by molar-refractivity contribution is 0.0391. The van der Waals surface area contributed by atoms with Crippen molar-refractivity contribution in [3.63, 3.8) is 0 Å². The molecule has 0 fully saturated rings. The SMILES string of the molecule is COCC(C)(CN)N(C)Cc1ccsc1. The van der Waals surface area contributed by atoms with E-state index >= 15 is 0 Å². The van der Waals surface area contributed by atoms with Gasteiger partial charge in [0.25, 0.3) is 0 Å². The van der Waals surface area contributed by atoms with Crippen LogP contribution in [0.15, 0.2) is 16.8 Å². The van der Waals surface area contributed by atoms with Crippen LogP contribution in [0.5, 0.6) is 0 Å². The molecule has 1 aromatic heterocycles. The highest BCUT2D eigenvalue weighted by molar-refractivity contribution is 7.07. The van der Waals surface area contributed by atoms with Gasteiger partial charge in [-0.1, -0.05) is 0 Å². The average molecular weight is 228 g/mol. The number of nitrogens with two attached hydrogens (primary N) is 1. The third kappa shape index (κ3) is 3.28. The van der Waals surface area contributed by atoms with Crippen LogP contribution in [0.4, 0.5) is 0 Å². The molecule has 0 spiro atoms. The second kappa shape index (κ2) is 5.61. The van der Waals surface area contributed by atoms with Crippen molar-refractivity contribution < 1.29 is 4.74 Å². The van der Waals surface area contributed by atoms with Crippen LogP contribution in [-0.2, 0) is 11.3 Å². The average Bonchev–Trinajstić information content (AvgIpc) is 2.70. The van der Waals surface area contributed by atoms with Gasteiger partial charge in [-0.2, -0.15) is 11.3 Å². The molecule has 0 amide bonds. The summed E-state index contributed by atoms with van der Waals surface area (Å²) in [5, 5.41) is 4.26. The molecule has 3 nitrogen and oxygen atoms in total. The molecule has 86 valence electrons. The first-order chi connectivity index (χ1) is 7.12. The molecule has 1 unspecified atom stereocenters. The highest BCUT2D eigenvalue weighted by Gasteiger charge is 2.27. The molecule has 0 bridgehead atoms. The molecule has 0 radical (unpaired) electrons. The summed E-state index contributed by atoms with van der Waals surface area (Å²) in [6.45, 7) is 4.30. The van der Waals surface area contributed by atoms with Crippen LogP contribution in [-0.4, -0.2) is 37.7 Å². The van der Waals surface area contributed by atoms with E-state index in [-0.39, 0.29) is 5.54 Å². The molecule has 1 atom stereocenters. The molecule has 0 aromatic carbocycles. The Morgan fingerprint density at radius 2 is 2.33 bits per heavy atom. The van der Waals surface area contributed by atoms with Crippen molar-refractivity contribution in [1.29, 1.82) is 0 Å². The van der Waals surface area contributed by atoms with Crippen LogP contribution in [0.2, 0.25) is 0 Å². The van der Waals surface area contributed by atoms with Crippen LogP contribution >= 0.6 is 11.3 Å². The molecule has 0 saturated heterocycles. The maximum absolute atomic E-state index is 5.80. The Labute approximate surface area is 95.8 Å². The van der Waals surface area contributed by atoms with Gasteiger partial charge in [-0.05, 0) is 36.4 Å². The number of likely N-dealkylation sites (N-methyl/N-ethyl adjacent to an activating group) is 1. The normalized spacial score (nSPS) is 15.5. The minimum Gasteiger partial charge on any atom is -0.383 e. The van der Waals surface area contributed by atoms with E-state index in [1.807, 2.05) is 0 Å². The van der Waals surface area contributed by atoms with Crippen LogP contribution in [0.25, 0.3) is 0 Å². The van der Waals surface area contributed by atoms with Crippen LogP contribution < -0.4 is 5.73 Å². The van der Waals surface area contributed by atoms with Crippen LogP contribution in [0, 0.1) is 0 Å². The van der Waals surface area contributed by atoms with Crippen molar-refractivity contribution in [2.24, 2.45) is 5.73 Å². The van der Waals surface area contributed by atoms with Gasteiger partial charge in [-0.3, -0.25) is 4.90 Å². The summed E-state index contributed by atoms with van der Waals surface area (Å²) >= 11 is 1.72. The first-order valence-corrected chi connectivity index (χ1v) is 5.98. The van der Waals surface area contributed by atoms with Gasteiger partial charge in [0.05, 0.1) is 12.1 Å². The quantitative estimate of drug-likeness (QED) is 0.803. The lowest BCUT2D eigenvalue weighted by Crippen LogP contribution is -2.52. The van der Waals surface area contributed by atoms with Gasteiger partial charge < -0.3 is 10.5 Å². The molecule has 1 aromatic rings. The molecule has 4 heteroatoms. The molecule has 0 aliphatic heterocycles. The topological polar surface area (TPSA) is 38.5 Å². The number of hydrogen-bond donors (Lipinski definition) is 1. The minimum absolute atomic E-state index is 0.0866.